The van der Waals surface area contributed by atoms with Crippen molar-refractivity contribution in [2.75, 3.05) is 25.5 Å². The number of hydrogen-bond acceptors (Lipinski definition) is 5. The molecular weight excluding hydrogens is 230 g/mol. The first kappa shape index (κ1) is 12.8. The molecule has 2 rings (SSSR count). The van der Waals surface area contributed by atoms with Gasteiger partial charge in [-0.15, -0.1) is 0 Å². The number of pyridine rings is 1. The molecule has 1 aromatic heterocycles. The van der Waals surface area contributed by atoms with Crippen LogP contribution in [0.25, 0.3) is 0 Å². The van der Waals surface area contributed by atoms with Crippen molar-refractivity contribution >= 4 is 11.8 Å². The van der Waals surface area contributed by atoms with E-state index in [2.05, 4.69) is 15.6 Å². The number of carbonyl (C=O) groups is 1. The van der Waals surface area contributed by atoms with Crippen molar-refractivity contribution in [3.8, 4) is 0 Å². The topological polar surface area (TPSA) is 63.2 Å². The second-order valence-corrected chi connectivity index (χ2v) is 4.43. The van der Waals surface area contributed by atoms with E-state index in [9.17, 15) is 4.79 Å². The summed E-state index contributed by atoms with van der Waals surface area (Å²) >= 11 is 0. The molecule has 0 radical (unpaired) electrons. The third-order valence-electron chi connectivity index (χ3n) is 3.10. The van der Waals surface area contributed by atoms with Gasteiger partial charge >= 0.3 is 5.97 Å². The second-order valence-electron chi connectivity index (χ2n) is 4.43. The van der Waals surface area contributed by atoms with E-state index < -0.39 is 0 Å². The van der Waals surface area contributed by atoms with Gasteiger partial charge in [0.05, 0.1) is 7.11 Å². The zero-order valence-electron chi connectivity index (χ0n) is 10.6. The first-order chi connectivity index (χ1) is 8.81. The van der Waals surface area contributed by atoms with E-state index in [4.69, 9.17) is 4.74 Å². The normalized spacial score (nSPS) is 19.9. The summed E-state index contributed by atoms with van der Waals surface area (Å²) in [6.07, 6.45) is 5.15. The molecule has 1 unspecified atom stereocenters. The molecule has 1 saturated heterocycles. The fraction of sp³-hybridized carbons (Fsp3) is 0.538. The van der Waals surface area contributed by atoms with Crippen molar-refractivity contribution in [3.63, 3.8) is 0 Å². The lowest BCUT2D eigenvalue weighted by atomic mass is 10.1. The first-order valence-electron chi connectivity index (χ1n) is 6.32. The Hall–Kier alpha value is -1.62. The van der Waals surface area contributed by atoms with E-state index in [0.717, 1.165) is 19.5 Å². The Morgan fingerprint density at radius 2 is 2.44 bits per heavy atom. The average molecular weight is 249 g/mol. The Morgan fingerprint density at radius 3 is 3.28 bits per heavy atom. The van der Waals surface area contributed by atoms with Crippen molar-refractivity contribution in [2.24, 2.45) is 0 Å². The van der Waals surface area contributed by atoms with Gasteiger partial charge in [0.15, 0.2) is 0 Å². The zero-order chi connectivity index (χ0) is 12.8. The van der Waals surface area contributed by atoms with Crippen LogP contribution in [0, 0.1) is 0 Å². The van der Waals surface area contributed by atoms with E-state index in [1.54, 1.807) is 18.3 Å². The van der Waals surface area contributed by atoms with Crippen LogP contribution in [0.1, 0.15) is 29.6 Å². The molecule has 2 N–H and O–H groups in total. The summed E-state index contributed by atoms with van der Waals surface area (Å²) in [6.45, 7) is 1.96. The number of esters is 1. The average Bonchev–Trinajstić information content (AvgIpc) is 2.67. The Morgan fingerprint density at radius 1 is 1.56 bits per heavy atom. The smallest absolute Gasteiger partial charge is 0.341 e. The summed E-state index contributed by atoms with van der Waals surface area (Å²) in [5.41, 5.74) is 0.490. The highest BCUT2D eigenvalue weighted by Crippen LogP contribution is 2.16. The van der Waals surface area contributed by atoms with Crippen LogP contribution in [0.15, 0.2) is 18.3 Å². The number of hydrogen-bond donors (Lipinski definition) is 2. The van der Waals surface area contributed by atoms with Gasteiger partial charge in [0.2, 0.25) is 0 Å². The van der Waals surface area contributed by atoms with Gasteiger partial charge in [-0.05, 0) is 31.5 Å². The molecule has 5 nitrogen and oxygen atoms in total. The van der Waals surface area contributed by atoms with Gasteiger partial charge in [-0.2, -0.15) is 0 Å². The third-order valence-corrected chi connectivity index (χ3v) is 3.10. The number of aromatic nitrogens is 1. The molecule has 1 atom stereocenters. The Labute approximate surface area is 107 Å². The molecule has 1 aromatic rings. The van der Waals surface area contributed by atoms with E-state index in [-0.39, 0.29) is 5.97 Å². The van der Waals surface area contributed by atoms with E-state index in [1.165, 1.54) is 20.0 Å². The molecular formula is C13H19N3O2. The number of anilines is 1. The van der Waals surface area contributed by atoms with Crippen LogP contribution in [0.2, 0.25) is 0 Å². The highest BCUT2D eigenvalue weighted by molar-refractivity contribution is 5.94. The molecule has 0 saturated carbocycles. The quantitative estimate of drug-likeness (QED) is 0.793. The standard InChI is InChI=1S/C13H19N3O2/c1-18-13(17)11-6-4-8-15-12(11)16-10-5-2-3-7-14-9-10/h4,6,8,10,14H,2-3,5,7,9H2,1H3,(H,15,16). The van der Waals surface area contributed by atoms with Crippen molar-refractivity contribution < 1.29 is 9.53 Å². The molecule has 0 spiro atoms. The van der Waals surface area contributed by atoms with Gasteiger partial charge < -0.3 is 15.4 Å². The lowest BCUT2D eigenvalue weighted by Gasteiger charge is -2.18. The van der Waals surface area contributed by atoms with Crippen LogP contribution < -0.4 is 10.6 Å². The molecule has 2 heterocycles. The Kier molecular flexibility index (Phi) is 4.52. The van der Waals surface area contributed by atoms with Crippen molar-refractivity contribution in [3.05, 3.63) is 23.9 Å². The van der Waals surface area contributed by atoms with Crippen LogP contribution in [-0.2, 0) is 4.74 Å². The molecule has 98 valence electrons. The van der Waals surface area contributed by atoms with E-state index in [1.807, 2.05) is 0 Å². The van der Waals surface area contributed by atoms with Crippen LogP contribution >= 0.6 is 0 Å². The fourth-order valence-electron chi connectivity index (χ4n) is 2.13. The predicted octanol–water partition coefficient (Wildman–Crippen LogP) is 1.42. The maximum Gasteiger partial charge on any atom is 0.341 e. The number of nitrogens with one attached hydrogen (secondary N) is 2. The molecule has 0 aliphatic carbocycles. The Bertz CT molecular complexity index is 401. The van der Waals surface area contributed by atoms with Gasteiger partial charge in [-0.25, -0.2) is 9.78 Å². The van der Waals surface area contributed by atoms with Crippen molar-refractivity contribution in [1.29, 1.82) is 0 Å². The minimum Gasteiger partial charge on any atom is -0.465 e. The molecule has 1 aliphatic rings. The molecule has 0 bridgehead atoms. The van der Waals surface area contributed by atoms with Gasteiger partial charge in [-0.3, -0.25) is 0 Å². The predicted molar refractivity (Wildman–Crippen MR) is 69.7 cm³/mol. The molecule has 18 heavy (non-hydrogen) atoms. The number of ether oxygens (including phenoxy) is 1. The maximum atomic E-state index is 11.6. The number of methoxy groups -OCH3 is 1. The van der Waals surface area contributed by atoms with E-state index in [0.29, 0.717) is 17.4 Å². The fourth-order valence-corrected chi connectivity index (χ4v) is 2.13. The number of carbonyl (C=O) groups excluding carboxylic acids is 1. The van der Waals surface area contributed by atoms with Crippen molar-refractivity contribution in [2.45, 2.75) is 25.3 Å². The maximum absolute atomic E-state index is 11.6. The van der Waals surface area contributed by atoms with Gasteiger partial charge in [-0.1, -0.05) is 6.42 Å². The molecule has 5 heteroatoms. The van der Waals surface area contributed by atoms with Crippen molar-refractivity contribution in [1.82, 2.24) is 10.3 Å². The summed E-state index contributed by atoms with van der Waals surface area (Å²) in [7, 11) is 1.38. The summed E-state index contributed by atoms with van der Waals surface area (Å²) < 4.78 is 4.76. The van der Waals surface area contributed by atoms with E-state index >= 15 is 0 Å². The van der Waals surface area contributed by atoms with Crippen LogP contribution in [-0.4, -0.2) is 37.2 Å². The molecule has 0 aromatic carbocycles. The molecule has 1 aliphatic heterocycles. The summed E-state index contributed by atoms with van der Waals surface area (Å²) in [4.78, 5) is 15.9. The number of nitrogens with zero attached hydrogens (tertiary/aromatic N) is 1. The largest absolute Gasteiger partial charge is 0.465 e. The minimum absolute atomic E-state index is 0.311. The highest BCUT2D eigenvalue weighted by atomic mass is 16.5. The molecule has 0 amide bonds. The lowest BCUT2D eigenvalue weighted by molar-refractivity contribution is 0.0601. The SMILES string of the molecule is COC(=O)c1cccnc1NC1CCCCNC1. The minimum atomic E-state index is -0.354. The van der Waals surface area contributed by atoms with Crippen LogP contribution in [0.3, 0.4) is 0 Å². The van der Waals surface area contributed by atoms with Gasteiger partial charge in [0.1, 0.15) is 11.4 Å². The van der Waals surface area contributed by atoms with Crippen LogP contribution in [0.4, 0.5) is 5.82 Å². The van der Waals surface area contributed by atoms with Gasteiger partial charge in [0.25, 0.3) is 0 Å². The second kappa shape index (κ2) is 6.35. The van der Waals surface area contributed by atoms with Gasteiger partial charge in [0, 0.05) is 18.8 Å². The Balaban J connectivity index is 2.10. The summed E-state index contributed by atoms with van der Waals surface area (Å²) in [5, 5.41) is 6.70. The first-order valence-corrected chi connectivity index (χ1v) is 6.32. The monoisotopic (exact) mass is 249 g/mol. The number of rotatable bonds is 3. The lowest BCUT2D eigenvalue weighted by Crippen LogP contribution is -2.31. The highest BCUT2D eigenvalue weighted by Gasteiger charge is 2.17. The zero-order valence-corrected chi connectivity index (χ0v) is 10.6. The molecule has 1 fully saturated rings. The van der Waals surface area contributed by atoms with Crippen LogP contribution in [0.5, 0.6) is 0 Å². The summed E-state index contributed by atoms with van der Waals surface area (Å²) in [5.74, 6) is 0.255. The summed E-state index contributed by atoms with van der Waals surface area (Å²) in [6, 6.07) is 3.78. The third kappa shape index (κ3) is 3.20.